The summed E-state index contributed by atoms with van der Waals surface area (Å²) in [6.07, 6.45) is 38.9. The van der Waals surface area contributed by atoms with Gasteiger partial charge in [0.15, 0.2) is 8.32 Å². The quantitative estimate of drug-likeness (QED) is 0.0283. The van der Waals surface area contributed by atoms with E-state index in [1.165, 1.54) is 154 Å². The van der Waals surface area contributed by atoms with Gasteiger partial charge in [-0.15, -0.1) is 11.8 Å². The van der Waals surface area contributed by atoms with Crippen LogP contribution in [-0.2, 0) is 18.7 Å². The number of aliphatic hydroxyl groups is 1. The summed E-state index contributed by atoms with van der Waals surface area (Å²) >= 11 is 1.84. The predicted octanol–water partition coefficient (Wildman–Crippen LogP) is 15.1. The van der Waals surface area contributed by atoms with Crippen LogP contribution in [0.3, 0.4) is 0 Å². The van der Waals surface area contributed by atoms with Crippen LogP contribution in [0, 0.1) is 0 Å². The smallest absolute Gasteiger partial charge is 0.319 e. The van der Waals surface area contributed by atoms with E-state index in [1.807, 2.05) is 11.8 Å². The van der Waals surface area contributed by atoms with E-state index in [0.29, 0.717) is 6.61 Å². The van der Waals surface area contributed by atoms with Crippen LogP contribution in [0.2, 0.25) is 19.1 Å². The van der Waals surface area contributed by atoms with Crippen LogP contribution in [0.4, 0.5) is 0 Å². The molecule has 0 aromatic rings. The average molecular weight is 845 g/mol. The third-order valence-corrected chi connectivity index (χ3v) is 15.3. The van der Waals surface area contributed by atoms with Gasteiger partial charge in [-0.1, -0.05) is 169 Å². The molecule has 57 heavy (non-hydrogen) atoms. The first-order valence-corrected chi connectivity index (χ1v) is 29.4. The van der Waals surface area contributed by atoms with Crippen LogP contribution in [-0.4, -0.2) is 81.0 Å². The van der Waals surface area contributed by atoms with Gasteiger partial charge in [-0.3, -0.25) is 4.79 Å². The molecule has 0 saturated heterocycles. The first kappa shape index (κ1) is 56.9. The number of thioether (sulfide) groups is 1. The summed E-state index contributed by atoms with van der Waals surface area (Å²) in [5.74, 6) is 1.10. The number of unbranched alkanes of at least 4 members (excludes halogenated alkanes) is 23. The molecule has 0 bridgehead atoms. The highest BCUT2D eigenvalue weighted by Gasteiger charge is 2.27. The zero-order valence-electron chi connectivity index (χ0n) is 39.4. The maximum atomic E-state index is 13.0. The van der Waals surface area contributed by atoms with Crippen molar-refractivity contribution in [2.75, 3.05) is 45.2 Å². The van der Waals surface area contributed by atoms with E-state index in [1.54, 1.807) is 0 Å². The molecule has 2 unspecified atom stereocenters. The Bertz CT molecular complexity index is 821. The molecule has 0 aliphatic heterocycles. The zero-order valence-corrected chi connectivity index (χ0v) is 41.2. The Kier molecular flexibility index (Phi) is 43.9. The third-order valence-electron chi connectivity index (χ3n) is 11.4. The molecule has 0 radical (unpaired) electrons. The monoisotopic (exact) mass is 844 g/mol. The lowest BCUT2D eigenvalue weighted by atomic mass is 10.1. The lowest BCUT2D eigenvalue weighted by Gasteiger charge is -2.30. The number of nitrogens with zero attached hydrogens (tertiary/aromatic N) is 1. The van der Waals surface area contributed by atoms with Crippen LogP contribution in [0.5, 0.6) is 0 Å². The molecule has 0 aliphatic carbocycles. The molecule has 8 heteroatoms. The number of ether oxygens (including phenoxy) is 2. The van der Waals surface area contributed by atoms with Crippen LogP contribution >= 0.6 is 11.8 Å². The molecule has 0 aromatic heterocycles. The summed E-state index contributed by atoms with van der Waals surface area (Å²) in [6, 6.07) is 1.24. The molecule has 0 aliphatic rings. The topological polar surface area (TPSA) is 68.2 Å². The number of hydrogen-bond donors (Lipinski definition) is 1. The molecule has 342 valence electrons. The Hall–Kier alpha value is -0.123. The minimum Gasteiger partial charge on any atom is -0.465 e. The van der Waals surface area contributed by atoms with E-state index in [4.69, 9.17) is 13.9 Å². The Labute approximate surface area is 362 Å². The number of aliphatic hydroxyl groups excluding tert-OH is 1. The van der Waals surface area contributed by atoms with Crippen LogP contribution in [0.1, 0.15) is 233 Å². The Morgan fingerprint density at radius 2 is 1.00 bits per heavy atom. The van der Waals surface area contributed by atoms with E-state index in [9.17, 15) is 9.90 Å². The Morgan fingerprint density at radius 1 is 0.544 bits per heavy atom. The maximum absolute atomic E-state index is 13.0. The minimum atomic E-state index is -1.76. The van der Waals surface area contributed by atoms with Crippen molar-refractivity contribution in [1.82, 2.24) is 4.90 Å². The summed E-state index contributed by atoms with van der Waals surface area (Å²) in [5.41, 5.74) is 0. The molecular formula is C49H101NO5SSi. The van der Waals surface area contributed by atoms with Crippen molar-refractivity contribution in [2.24, 2.45) is 0 Å². The zero-order chi connectivity index (χ0) is 41.9. The van der Waals surface area contributed by atoms with Gasteiger partial charge in [0.2, 0.25) is 0 Å². The van der Waals surface area contributed by atoms with Crippen LogP contribution < -0.4 is 0 Å². The molecule has 0 saturated carbocycles. The fourth-order valence-corrected chi connectivity index (χ4v) is 10.9. The maximum Gasteiger partial charge on any atom is 0.319 e. The van der Waals surface area contributed by atoms with Gasteiger partial charge in [-0.05, 0) is 109 Å². The van der Waals surface area contributed by atoms with Crippen molar-refractivity contribution >= 4 is 26.0 Å². The number of hydrogen-bond acceptors (Lipinski definition) is 7. The predicted molar refractivity (Wildman–Crippen MR) is 254 cm³/mol. The van der Waals surface area contributed by atoms with Gasteiger partial charge < -0.3 is 23.9 Å². The highest BCUT2D eigenvalue weighted by Crippen LogP contribution is 2.24. The molecule has 0 heterocycles. The van der Waals surface area contributed by atoms with Crippen molar-refractivity contribution < 1.29 is 23.8 Å². The minimum absolute atomic E-state index is 0.0140. The Balaban J connectivity index is 4.66. The van der Waals surface area contributed by atoms with Gasteiger partial charge in [0.25, 0.3) is 0 Å². The second-order valence-corrected chi connectivity index (χ2v) is 23.4. The number of carbonyl (C=O) groups excluding carboxylic acids is 1. The van der Waals surface area contributed by atoms with Gasteiger partial charge in [0, 0.05) is 13.2 Å². The second-order valence-electron chi connectivity index (χ2n) is 17.8. The van der Waals surface area contributed by atoms with Crippen molar-refractivity contribution in [1.29, 1.82) is 0 Å². The molecule has 6 nitrogen and oxygen atoms in total. The molecule has 0 fully saturated rings. The van der Waals surface area contributed by atoms with E-state index in [2.05, 4.69) is 45.7 Å². The number of rotatable bonds is 47. The molecule has 0 amide bonds. The van der Waals surface area contributed by atoms with E-state index >= 15 is 0 Å². The van der Waals surface area contributed by atoms with Crippen molar-refractivity contribution in [3.63, 3.8) is 0 Å². The van der Waals surface area contributed by atoms with Gasteiger partial charge in [0.05, 0.1) is 6.61 Å². The van der Waals surface area contributed by atoms with E-state index in [-0.39, 0.29) is 24.1 Å². The first-order valence-electron chi connectivity index (χ1n) is 25.2. The lowest BCUT2D eigenvalue weighted by Crippen LogP contribution is -2.37. The molecule has 0 spiro atoms. The van der Waals surface area contributed by atoms with E-state index < -0.39 is 8.32 Å². The van der Waals surface area contributed by atoms with E-state index in [0.717, 1.165) is 89.8 Å². The van der Waals surface area contributed by atoms with Crippen molar-refractivity contribution in [3.05, 3.63) is 0 Å². The standard InChI is InChI=1S/C49H101NO5SSi/c1-7-11-15-18-21-27-37-47(56-45-35-14-10-4)49(52)54-44-34-24-22-29-39-50(41-31-32-42-51)40-30-26-28-38-48(53-43-33-23-19-16-12-8-2)55-57(5,6)46-36-25-20-17-13-9-3/h47-48,51H,7-46H2,1-6H3. The highest BCUT2D eigenvalue weighted by atomic mass is 32.2. The fourth-order valence-electron chi connectivity index (χ4n) is 7.64. The average Bonchev–Trinajstić information content (AvgIpc) is 3.19. The lowest BCUT2D eigenvalue weighted by molar-refractivity contribution is -0.143. The SMILES string of the molecule is CCCCCCCCOC(CCCCCN(CCCCO)CCCCCCOC(=O)C(CCCCCCCC)SCCCCC)O[Si](C)(C)CCCCCCCC. The first-order chi connectivity index (χ1) is 27.8. The van der Waals surface area contributed by atoms with Crippen molar-refractivity contribution in [3.8, 4) is 0 Å². The normalized spacial score (nSPS) is 13.1. The van der Waals surface area contributed by atoms with Gasteiger partial charge >= 0.3 is 5.97 Å². The van der Waals surface area contributed by atoms with Crippen LogP contribution in [0.25, 0.3) is 0 Å². The van der Waals surface area contributed by atoms with Gasteiger partial charge in [0.1, 0.15) is 11.5 Å². The molecule has 0 rings (SSSR count). The molecule has 2 atom stereocenters. The fraction of sp³-hybridized carbons (Fsp3) is 0.980. The molecule has 0 aromatic carbocycles. The van der Waals surface area contributed by atoms with Gasteiger partial charge in [-0.25, -0.2) is 0 Å². The highest BCUT2D eigenvalue weighted by molar-refractivity contribution is 8.00. The third kappa shape index (κ3) is 39.8. The number of carbonyl (C=O) groups is 1. The summed E-state index contributed by atoms with van der Waals surface area (Å²) in [5, 5.41) is 9.43. The summed E-state index contributed by atoms with van der Waals surface area (Å²) in [7, 11) is -1.76. The van der Waals surface area contributed by atoms with Crippen molar-refractivity contribution in [2.45, 2.75) is 264 Å². The Morgan fingerprint density at radius 3 is 1.60 bits per heavy atom. The second kappa shape index (κ2) is 43.9. The molecular weight excluding hydrogens is 743 g/mol. The molecule has 1 N–H and O–H groups in total. The van der Waals surface area contributed by atoms with Gasteiger partial charge in [-0.2, -0.15) is 0 Å². The summed E-state index contributed by atoms with van der Waals surface area (Å²) in [6.45, 7) is 18.9. The number of esters is 1. The van der Waals surface area contributed by atoms with Crippen LogP contribution in [0.15, 0.2) is 0 Å². The largest absolute Gasteiger partial charge is 0.465 e. The summed E-state index contributed by atoms with van der Waals surface area (Å²) in [4.78, 5) is 15.6. The summed E-state index contributed by atoms with van der Waals surface area (Å²) < 4.78 is 19.1.